The van der Waals surface area contributed by atoms with Crippen LogP contribution < -0.4 is 5.73 Å². The predicted molar refractivity (Wildman–Crippen MR) is 155 cm³/mol. The minimum Gasteiger partial charge on any atom is -0.382 e. The molecule has 0 spiro atoms. The highest BCUT2D eigenvalue weighted by Crippen LogP contribution is 2.45. The lowest BCUT2D eigenvalue weighted by molar-refractivity contribution is -0.137. The molecule has 0 saturated carbocycles. The Kier molecular flexibility index (Phi) is 6.85. The Morgan fingerprint density at radius 2 is 1.68 bits per heavy atom. The summed E-state index contributed by atoms with van der Waals surface area (Å²) >= 11 is 0. The Morgan fingerprint density at radius 1 is 0.976 bits per heavy atom. The first kappa shape index (κ1) is 27.1. The first-order chi connectivity index (χ1) is 19.6. The number of aromatic nitrogens is 4. The molecule has 2 saturated heterocycles. The number of ketones is 1. The lowest BCUT2D eigenvalue weighted by Gasteiger charge is -2.39. The van der Waals surface area contributed by atoms with Crippen LogP contribution >= 0.6 is 0 Å². The van der Waals surface area contributed by atoms with Gasteiger partial charge in [-0.05, 0) is 38.7 Å². The summed E-state index contributed by atoms with van der Waals surface area (Å²) in [6.07, 6.45) is 7.83. The van der Waals surface area contributed by atoms with Crippen LogP contribution in [-0.2, 0) is 19.4 Å². The number of fused-ring (bicyclic) bond motifs is 3. The van der Waals surface area contributed by atoms with Gasteiger partial charge in [-0.2, -0.15) is 9.61 Å². The van der Waals surface area contributed by atoms with Crippen molar-refractivity contribution in [1.82, 2.24) is 24.5 Å². The molecular weight excluding hydrogens is 540 g/mol. The fraction of sp³-hybridized carbons (Fsp3) is 0.367. The number of carbonyl (C=O) groups excluding carboxylic acids is 2. The van der Waals surface area contributed by atoms with Crippen molar-refractivity contribution in [3.63, 3.8) is 0 Å². The molecule has 1 unspecified atom stereocenters. The van der Waals surface area contributed by atoms with Gasteiger partial charge in [-0.3, -0.25) is 9.78 Å². The Morgan fingerprint density at radius 3 is 2.29 bits per heavy atom. The maximum atomic E-state index is 13.0. The van der Waals surface area contributed by atoms with E-state index < -0.39 is 9.84 Å². The van der Waals surface area contributed by atoms with Crippen LogP contribution in [0.3, 0.4) is 0 Å². The summed E-state index contributed by atoms with van der Waals surface area (Å²) < 4.78 is 27.5. The summed E-state index contributed by atoms with van der Waals surface area (Å²) in [6.45, 7) is 1.49. The molecule has 4 aromatic rings. The molecular formula is C30H32N6O4S. The number of nitrogens with two attached hydrogens (primary N) is 1. The summed E-state index contributed by atoms with van der Waals surface area (Å²) in [5.41, 5.74) is 10.7. The average molecular weight is 573 g/mol. The molecule has 41 heavy (non-hydrogen) atoms. The van der Waals surface area contributed by atoms with Gasteiger partial charge in [0, 0.05) is 60.0 Å². The normalized spacial score (nSPS) is 20.4. The molecule has 10 nitrogen and oxygen atoms in total. The standard InChI is InChI=1S/C30H32N6O4S/c1-18(37)8-13-26(38)35-22-10-11-23(35)15-21(14-22)27-28(41(2,39)40)29(31)36-30(34-27)24(17-33-36)20-9-12-25(32-16-20)19-6-4-3-5-7-19/h3-7,9,12,16-17,21-23H,8,10-11,13-15,31H2,1-2H3/t21?,22-,23+. The monoisotopic (exact) mass is 572 g/mol. The van der Waals surface area contributed by atoms with E-state index in [4.69, 9.17) is 10.7 Å². The zero-order valence-corrected chi connectivity index (χ0v) is 23.8. The first-order valence-electron chi connectivity index (χ1n) is 13.8. The third kappa shape index (κ3) is 4.99. The summed E-state index contributed by atoms with van der Waals surface area (Å²) in [5, 5.41) is 4.40. The van der Waals surface area contributed by atoms with Crippen molar-refractivity contribution in [3.05, 3.63) is 60.6 Å². The maximum Gasteiger partial charge on any atom is 0.223 e. The van der Waals surface area contributed by atoms with Crippen molar-refractivity contribution in [1.29, 1.82) is 0 Å². The lowest BCUT2D eigenvalue weighted by Crippen LogP contribution is -2.46. The SMILES string of the molecule is CC(=O)CCC(=O)N1[C@@H]2CC[C@H]1CC(c1nc3c(-c4ccc(-c5ccccc5)nc4)cnn3c(N)c1S(C)(=O)=O)C2. The molecule has 3 aromatic heterocycles. The number of hydrogen-bond donors (Lipinski definition) is 1. The summed E-state index contributed by atoms with van der Waals surface area (Å²) in [4.78, 5) is 35.9. The van der Waals surface area contributed by atoms with Gasteiger partial charge in [-0.25, -0.2) is 13.4 Å². The van der Waals surface area contributed by atoms with E-state index in [-0.39, 0.29) is 53.2 Å². The highest BCUT2D eigenvalue weighted by molar-refractivity contribution is 7.91. The second-order valence-electron chi connectivity index (χ2n) is 11.1. The third-order valence-electron chi connectivity index (χ3n) is 8.28. The number of anilines is 1. The van der Waals surface area contributed by atoms with Gasteiger partial charge in [-0.1, -0.05) is 36.4 Å². The number of sulfone groups is 1. The van der Waals surface area contributed by atoms with Crippen LogP contribution in [0.15, 0.2) is 59.8 Å². The van der Waals surface area contributed by atoms with E-state index in [1.165, 1.54) is 11.4 Å². The molecule has 2 bridgehead atoms. The van der Waals surface area contributed by atoms with Crippen molar-refractivity contribution in [3.8, 4) is 22.4 Å². The number of rotatable bonds is 7. The van der Waals surface area contributed by atoms with Gasteiger partial charge >= 0.3 is 0 Å². The topological polar surface area (TPSA) is 141 Å². The molecule has 1 aromatic carbocycles. The van der Waals surface area contributed by atoms with Gasteiger partial charge in [-0.15, -0.1) is 0 Å². The molecule has 2 fully saturated rings. The summed E-state index contributed by atoms with van der Waals surface area (Å²) in [7, 11) is -3.74. The van der Waals surface area contributed by atoms with Gasteiger partial charge in [0.2, 0.25) is 5.91 Å². The van der Waals surface area contributed by atoms with Gasteiger partial charge in [0.05, 0.1) is 17.6 Å². The Bertz CT molecular complexity index is 1740. The van der Waals surface area contributed by atoms with Crippen LogP contribution in [0.25, 0.3) is 28.0 Å². The second kappa shape index (κ2) is 10.4. The Balaban J connectivity index is 1.38. The second-order valence-corrected chi connectivity index (χ2v) is 13.1. The molecule has 11 heteroatoms. The van der Waals surface area contributed by atoms with Gasteiger partial charge in [0.1, 0.15) is 16.5 Å². The first-order valence-corrected chi connectivity index (χ1v) is 15.7. The predicted octanol–water partition coefficient (Wildman–Crippen LogP) is 4.05. The number of Topliss-reactive ketones (excluding diaryl/α,β-unsaturated/α-hetero) is 1. The van der Waals surface area contributed by atoms with E-state index in [0.717, 1.165) is 35.9 Å². The van der Waals surface area contributed by atoms with Gasteiger partial charge < -0.3 is 15.4 Å². The van der Waals surface area contributed by atoms with E-state index in [0.29, 0.717) is 29.7 Å². The number of piperidine rings is 1. The van der Waals surface area contributed by atoms with Crippen molar-refractivity contribution in [2.24, 2.45) is 0 Å². The number of amides is 1. The van der Waals surface area contributed by atoms with Crippen LogP contribution in [0.5, 0.6) is 0 Å². The number of nitrogens with zero attached hydrogens (tertiary/aromatic N) is 5. The van der Waals surface area contributed by atoms with Gasteiger partial charge in [0.25, 0.3) is 0 Å². The fourth-order valence-electron chi connectivity index (χ4n) is 6.43. The maximum absolute atomic E-state index is 13.0. The van der Waals surface area contributed by atoms with Crippen molar-refractivity contribution in [2.45, 2.75) is 68.3 Å². The van der Waals surface area contributed by atoms with E-state index in [2.05, 4.69) is 10.1 Å². The zero-order valence-electron chi connectivity index (χ0n) is 23.0. The van der Waals surface area contributed by atoms with E-state index in [1.807, 2.05) is 47.4 Å². The Hall–Kier alpha value is -4.12. The van der Waals surface area contributed by atoms with Crippen LogP contribution in [0.1, 0.15) is 57.1 Å². The molecule has 5 heterocycles. The highest BCUT2D eigenvalue weighted by Gasteiger charge is 2.45. The molecule has 2 aliphatic heterocycles. The molecule has 0 aliphatic carbocycles. The number of pyridine rings is 1. The van der Waals surface area contributed by atoms with E-state index in [9.17, 15) is 18.0 Å². The minimum absolute atomic E-state index is 0.00189. The molecule has 0 radical (unpaired) electrons. The Labute approximate surface area is 238 Å². The minimum atomic E-state index is -3.74. The molecule has 3 atom stereocenters. The van der Waals surface area contributed by atoms with E-state index in [1.54, 1.807) is 12.4 Å². The summed E-state index contributed by atoms with van der Waals surface area (Å²) in [6, 6.07) is 13.7. The molecule has 1 amide bonds. The largest absolute Gasteiger partial charge is 0.382 e. The van der Waals surface area contributed by atoms with Crippen LogP contribution in [0, 0.1) is 0 Å². The van der Waals surface area contributed by atoms with Gasteiger partial charge in [0.15, 0.2) is 15.5 Å². The number of nitrogen functional groups attached to an aromatic ring is 1. The molecule has 212 valence electrons. The van der Waals surface area contributed by atoms with Crippen molar-refractivity contribution >= 4 is 33.0 Å². The highest BCUT2D eigenvalue weighted by atomic mass is 32.2. The zero-order chi connectivity index (χ0) is 28.9. The quantitative estimate of drug-likeness (QED) is 0.350. The third-order valence-corrected chi connectivity index (χ3v) is 9.44. The van der Waals surface area contributed by atoms with E-state index >= 15 is 0 Å². The fourth-order valence-corrected chi connectivity index (χ4v) is 7.49. The average Bonchev–Trinajstić information content (AvgIpc) is 3.49. The number of carbonyl (C=O) groups is 2. The molecule has 6 rings (SSSR count). The lowest BCUT2D eigenvalue weighted by atomic mass is 9.87. The molecule has 2 aliphatic rings. The van der Waals surface area contributed by atoms with Crippen LogP contribution in [-0.4, -0.2) is 62.9 Å². The smallest absolute Gasteiger partial charge is 0.223 e. The molecule has 2 N–H and O–H groups in total. The summed E-state index contributed by atoms with van der Waals surface area (Å²) in [5.74, 6) is -0.183. The van der Waals surface area contributed by atoms with Crippen LogP contribution in [0.2, 0.25) is 0 Å². The van der Waals surface area contributed by atoms with Crippen molar-refractivity contribution in [2.75, 3.05) is 12.0 Å². The van der Waals surface area contributed by atoms with Crippen LogP contribution in [0.4, 0.5) is 5.82 Å². The number of benzene rings is 1. The number of hydrogen-bond acceptors (Lipinski definition) is 8. The van der Waals surface area contributed by atoms with Crippen molar-refractivity contribution < 1.29 is 18.0 Å².